The van der Waals surface area contributed by atoms with Crippen LogP contribution in [-0.2, 0) is 11.2 Å². The summed E-state index contributed by atoms with van der Waals surface area (Å²) in [6, 6.07) is 12.7. The number of allylic oxidation sites excluding steroid dienone is 1. The van der Waals surface area contributed by atoms with Crippen LogP contribution in [0.3, 0.4) is 0 Å². The van der Waals surface area contributed by atoms with Gasteiger partial charge in [-0.3, -0.25) is 4.98 Å². The first kappa shape index (κ1) is 20.1. The molecule has 1 aliphatic carbocycles. The average Bonchev–Trinajstić information content (AvgIpc) is 3.21. The van der Waals surface area contributed by atoms with Crippen LogP contribution >= 0.6 is 0 Å². The van der Waals surface area contributed by atoms with Crippen LogP contribution in [-0.4, -0.2) is 41.3 Å². The first-order valence-corrected chi connectivity index (χ1v) is 11.5. The largest absolute Gasteiger partial charge is 0.380 e. The minimum atomic E-state index is 0.128. The standard InChI is InChI=1S/C27H27N5O/c1-18(20-6-4-3-5-7-20)31-19(2)26-29-11-21(12-30-26)23-8-9-25-24(23)10-22(13-28-25)32-14-27(15-32)16-33-17-27/h3-8,10-13,18,31H,2,9,14-17H2,1H3/t18-/m0/s1. The van der Waals surface area contributed by atoms with Gasteiger partial charge >= 0.3 is 0 Å². The lowest BCUT2D eigenvalue weighted by Gasteiger charge is -2.55. The maximum absolute atomic E-state index is 5.41. The van der Waals surface area contributed by atoms with Crippen LogP contribution in [0.2, 0.25) is 0 Å². The summed E-state index contributed by atoms with van der Waals surface area (Å²) < 4.78 is 5.41. The minimum Gasteiger partial charge on any atom is -0.380 e. The molecule has 1 atom stereocenters. The molecule has 2 aliphatic heterocycles. The van der Waals surface area contributed by atoms with E-state index in [0.717, 1.165) is 49.6 Å². The maximum atomic E-state index is 5.41. The van der Waals surface area contributed by atoms with E-state index in [1.807, 2.05) is 36.8 Å². The fourth-order valence-corrected chi connectivity index (χ4v) is 4.93. The van der Waals surface area contributed by atoms with E-state index in [0.29, 0.717) is 16.9 Å². The molecule has 0 unspecified atom stereocenters. The zero-order chi connectivity index (χ0) is 22.4. The second-order valence-corrected chi connectivity index (χ2v) is 9.41. The van der Waals surface area contributed by atoms with Gasteiger partial charge in [0.15, 0.2) is 5.82 Å². The fraction of sp³-hybridized carbons (Fsp3) is 0.296. The lowest BCUT2D eigenvalue weighted by molar-refractivity contribution is -0.127. The molecule has 2 fully saturated rings. The van der Waals surface area contributed by atoms with Gasteiger partial charge < -0.3 is 15.0 Å². The van der Waals surface area contributed by atoms with Crippen molar-refractivity contribution < 1.29 is 4.74 Å². The molecule has 6 heteroatoms. The first-order chi connectivity index (χ1) is 16.1. The molecule has 3 aromatic rings. The fourth-order valence-electron chi connectivity index (χ4n) is 4.93. The van der Waals surface area contributed by atoms with Crippen LogP contribution in [0.4, 0.5) is 5.69 Å². The molecule has 0 bridgehead atoms. The molecule has 33 heavy (non-hydrogen) atoms. The summed E-state index contributed by atoms with van der Waals surface area (Å²) in [5, 5.41) is 3.41. The van der Waals surface area contributed by atoms with Crippen molar-refractivity contribution in [3.8, 4) is 0 Å². The molecule has 1 spiro atoms. The van der Waals surface area contributed by atoms with Crippen LogP contribution < -0.4 is 10.2 Å². The van der Waals surface area contributed by atoms with E-state index in [1.54, 1.807) is 0 Å². The van der Waals surface area contributed by atoms with Gasteiger partial charge in [0.25, 0.3) is 0 Å². The molecule has 2 aromatic heterocycles. The third-order valence-electron chi connectivity index (χ3n) is 6.90. The molecule has 0 saturated carbocycles. The molecular weight excluding hydrogens is 410 g/mol. The molecule has 1 N–H and O–H groups in total. The number of rotatable bonds is 6. The lowest BCUT2D eigenvalue weighted by atomic mass is 9.78. The van der Waals surface area contributed by atoms with Crippen molar-refractivity contribution in [1.82, 2.24) is 20.3 Å². The van der Waals surface area contributed by atoms with Gasteiger partial charge in [-0.05, 0) is 24.1 Å². The van der Waals surface area contributed by atoms with Crippen LogP contribution in [0.25, 0.3) is 11.3 Å². The van der Waals surface area contributed by atoms with Gasteiger partial charge in [-0.1, -0.05) is 43.0 Å². The number of benzene rings is 1. The zero-order valence-corrected chi connectivity index (χ0v) is 18.8. The monoisotopic (exact) mass is 437 g/mol. The van der Waals surface area contributed by atoms with Crippen molar-refractivity contribution in [1.29, 1.82) is 0 Å². The second-order valence-electron chi connectivity index (χ2n) is 9.41. The van der Waals surface area contributed by atoms with Crippen molar-refractivity contribution >= 4 is 17.0 Å². The van der Waals surface area contributed by atoms with Gasteiger partial charge in [-0.15, -0.1) is 0 Å². The van der Waals surface area contributed by atoms with Crippen LogP contribution in [0, 0.1) is 5.41 Å². The molecule has 6 nitrogen and oxygen atoms in total. The third-order valence-corrected chi connectivity index (χ3v) is 6.90. The third kappa shape index (κ3) is 3.60. The summed E-state index contributed by atoms with van der Waals surface area (Å²) in [5.41, 5.74) is 7.95. The Morgan fingerprint density at radius 2 is 1.85 bits per heavy atom. The van der Waals surface area contributed by atoms with Gasteiger partial charge in [0, 0.05) is 49.1 Å². The number of anilines is 1. The molecule has 3 aliphatic rings. The Balaban J connectivity index is 1.16. The number of nitrogens with one attached hydrogen (secondary N) is 1. The summed E-state index contributed by atoms with van der Waals surface area (Å²) >= 11 is 0. The molecule has 2 saturated heterocycles. The van der Waals surface area contributed by atoms with Crippen molar-refractivity contribution in [2.24, 2.45) is 5.41 Å². The maximum Gasteiger partial charge on any atom is 0.174 e. The highest BCUT2D eigenvalue weighted by molar-refractivity contribution is 5.85. The second kappa shape index (κ2) is 7.81. The van der Waals surface area contributed by atoms with Gasteiger partial charge in [0.05, 0.1) is 41.9 Å². The Morgan fingerprint density at radius 1 is 1.09 bits per heavy atom. The SMILES string of the molecule is C=C(N[C@@H](C)c1ccccc1)c1ncc(C2=CCc3ncc(N4CC5(COC5)C4)cc32)cn1. The summed E-state index contributed by atoms with van der Waals surface area (Å²) in [7, 11) is 0. The van der Waals surface area contributed by atoms with E-state index in [2.05, 4.69) is 58.0 Å². The van der Waals surface area contributed by atoms with E-state index in [1.165, 1.54) is 16.8 Å². The summed E-state index contributed by atoms with van der Waals surface area (Å²) in [6.45, 7) is 10.2. The predicted octanol–water partition coefficient (Wildman–Crippen LogP) is 4.02. The number of nitrogens with zero attached hydrogens (tertiary/aromatic N) is 4. The molecule has 6 rings (SSSR count). The Morgan fingerprint density at radius 3 is 2.55 bits per heavy atom. The quantitative estimate of drug-likeness (QED) is 0.629. The van der Waals surface area contributed by atoms with E-state index < -0.39 is 0 Å². The topological polar surface area (TPSA) is 63.2 Å². The van der Waals surface area contributed by atoms with Gasteiger partial charge in [0.1, 0.15) is 0 Å². The lowest BCUT2D eigenvalue weighted by Crippen LogP contribution is -2.66. The van der Waals surface area contributed by atoms with Crippen molar-refractivity contribution in [2.45, 2.75) is 19.4 Å². The van der Waals surface area contributed by atoms with Crippen LogP contribution in [0.1, 0.15) is 41.2 Å². The van der Waals surface area contributed by atoms with E-state index in [9.17, 15) is 0 Å². The highest BCUT2D eigenvalue weighted by Crippen LogP contribution is 2.41. The highest BCUT2D eigenvalue weighted by atomic mass is 16.5. The Bertz CT molecular complexity index is 1220. The summed E-state index contributed by atoms with van der Waals surface area (Å²) in [6.07, 6.45) is 8.85. The van der Waals surface area contributed by atoms with Gasteiger partial charge in [-0.25, -0.2) is 9.97 Å². The Hall–Kier alpha value is -3.51. The normalized spacial score (nSPS) is 18.7. The summed E-state index contributed by atoms with van der Waals surface area (Å²) in [5.74, 6) is 0.612. The van der Waals surface area contributed by atoms with Gasteiger partial charge in [0.2, 0.25) is 0 Å². The van der Waals surface area contributed by atoms with Crippen molar-refractivity contribution in [3.05, 3.63) is 95.9 Å². The van der Waals surface area contributed by atoms with Crippen molar-refractivity contribution in [3.63, 3.8) is 0 Å². The number of pyridine rings is 1. The molecule has 0 radical (unpaired) electrons. The number of hydrogen-bond donors (Lipinski definition) is 1. The van der Waals surface area contributed by atoms with E-state index >= 15 is 0 Å². The smallest absolute Gasteiger partial charge is 0.174 e. The van der Waals surface area contributed by atoms with Gasteiger partial charge in [-0.2, -0.15) is 0 Å². The van der Waals surface area contributed by atoms with E-state index in [4.69, 9.17) is 9.72 Å². The van der Waals surface area contributed by atoms with Crippen LogP contribution in [0.15, 0.2) is 67.6 Å². The Kier molecular flexibility index (Phi) is 4.76. The molecule has 0 amide bonds. The van der Waals surface area contributed by atoms with E-state index in [-0.39, 0.29) is 6.04 Å². The molecule has 166 valence electrons. The first-order valence-electron chi connectivity index (χ1n) is 11.5. The average molecular weight is 438 g/mol. The number of fused-ring (bicyclic) bond motifs is 1. The van der Waals surface area contributed by atoms with Crippen LogP contribution in [0.5, 0.6) is 0 Å². The zero-order valence-electron chi connectivity index (χ0n) is 18.8. The molecule has 1 aromatic carbocycles. The summed E-state index contributed by atoms with van der Waals surface area (Å²) in [4.78, 5) is 16.4. The predicted molar refractivity (Wildman–Crippen MR) is 130 cm³/mol. The number of hydrogen-bond acceptors (Lipinski definition) is 6. The Labute approximate surface area is 194 Å². The molecular formula is C27H27N5O. The number of ether oxygens (including phenoxy) is 1. The number of aromatic nitrogens is 3. The highest BCUT2D eigenvalue weighted by Gasteiger charge is 2.49. The van der Waals surface area contributed by atoms with Crippen molar-refractivity contribution in [2.75, 3.05) is 31.2 Å². The minimum absolute atomic E-state index is 0.128. The molecule has 4 heterocycles.